The summed E-state index contributed by atoms with van der Waals surface area (Å²) >= 11 is 0. The van der Waals surface area contributed by atoms with Gasteiger partial charge >= 0.3 is 0 Å². The van der Waals surface area contributed by atoms with E-state index < -0.39 is 24.4 Å². The van der Waals surface area contributed by atoms with Crippen LogP contribution in [0.1, 0.15) is 36.8 Å². The van der Waals surface area contributed by atoms with E-state index in [0.29, 0.717) is 6.54 Å². The van der Waals surface area contributed by atoms with E-state index in [-0.39, 0.29) is 13.2 Å². The van der Waals surface area contributed by atoms with Gasteiger partial charge in [0.05, 0.1) is 18.8 Å². The van der Waals surface area contributed by atoms with E-state index in [4.69, 9.17) is 0 Å². The lowest BCUT2D eigenvalue weighted by atomic mass is 9.94. The molecule has 0 aliphatic carbocycles. The molecule has 2 saturated heterocycles. The van der Waals surface area contributed by atoms with Crippen LogP contribution in [-0.4, -0.2) is 119 Å². The molecule has 0 unspecified atom stereocenters. The van der Waals surface area contributed by atoms with E-state index in [1.165, 1.54) is 16.8 Å². The fourth-order valence-electron chi connectivity index (χ4n) is 4.94. The third kappa shape index (κ3) is 7.62. The number of piperidine rings is 1. The van der Waals surface area contributed by atoms with E-state index in [2.05, 4.69) is 47.3 Å². The number of benzene rings is 1. The second kappa shape index (κ2) is 13.0. The largest absolute Gasteiger partial charge is 0.395 e. The van der Waals surface area contributed by atoms with Crippen molar-refractivity contribution in [3.63, 3.8) is 0 Å². The number of aliphatic hydroxyl groups excluding tert-OH is 4. The molecule has 4 atom stereocenters. The number of piperazine rings is 1. The van der Waals surface area contributed by atoms with Crippen LogP contribution >= 0.6 is 0 Å². The molecule has 1 aromatic carbocycles. The van der Waals surface area contributed by atoms with Gasteiger partial charge in [0.15, 0.2) is 0 Å². The highest BCUT2D eigenvalue weighted by Gasteiger charge is 2.40. The van der Waals surface area contributed by atoms with Crippen LogP contribution in [0.4, 0.5) is 5.69 Å². The van der Waals surface area contributed by atoms with Crippen molar-refractivity contribution < 1.29 is 20.4 Å². The van der Waals surface area contributed by atoms with Gasteiger partial charge in [-0.1, -0.05) is 25.0 Å². The molecule has 0 radical (unpaired) electrons. The number of likely N-dealkylation sites (N-methyl/N-ethyl adjacent to an activating group) is 1. The predicted molar refractivity (Wildman–Crippen MR) is 131 cm³/mol. The first-order valence-electron chi connectivity index (χ1n) is 12.5. The van der Waals surface area contributed by atoms with Gasteiger partial charge in [0.2, 0.25) is 0 Å². The summed E-state index contributed by atoms with van der Waals surface area (Å²) in [6, 6.07) is 6.24. The van der Waals surface area contributed by atoms with Gasteiger partial charge in [-0.2, -0.15) is 0 Å². The minimum absolute atomic E-state index is 0.220. The Bertz CT molecular complexity index is 714. The molecule has 1 aromatic rings. The first kappa shape index (κ1) is 26.3. The van der Waals surface area contributed by atoms with Crippen LogP contribution in [-0.2, 0) is 6.54 Å². The van der Waals surface area contributed by atoms with Crippen molar-refractivity contribution in [2.24, 2.45) is 0 Å². The summed E-state index contributed by atoms with van der Waals surface area (Å²) in [6.07, 6.45) is 0.894. The minimum atomic E-state index is -1.19. The Morgan fingerprint density at radius 1 is 0.970 bits per heavy atom. The maximum Gasteiger partial charge on any atom is 0.109 e. The Morgan fingerprint density at radius 3 is 2.39 bits per heavy atom. The summed E-state index contributed by atoms with van der Waals surface area (Å²) < 4.78 is 0. The second-order valence-corrected chi connectivity index (χ2v) is 9.86. The van der Waals surface area contributed by atoms with Crippen molar-refractivity contribution in [1.82, 2.24) is 14.7 Å². The van der Waals surface area contributed by atoms with Crippen LogP contribution < -0.4 is 5.32 Å². The van der Waals surface area contributed by atoms with Crippen molar-refractivity contribution in [3.8, 4) is 0 Å². The van der Waals surface area contributed by atoms with E-state index in [1.807, 2.05) is 4.90 Å². The van der Waals surface area contributed by atoms with Gasteiger partial charge in [0.25, 0.3) is 0 Å². The Kier molecular flexibility index (Phi) is 10.4. The molecule has 0 aromatic heterocycles. The molecule has 0 saturated carbocycles. The van der Waals surface area contributed by atoms with Crippen LogP contribution in [0.25, 0.3) is 0 Å². The molecular weight excluding hydrogens is 420 g/mol. The number of anilines is 1. The number of hydrogen-bond acceptors (Lipinski definition) is 8. The SMILES string of the molecule is Cc1cc(CN2CCN(C)CC2)ccc1NCCCCCCN1C[C@H](O)[C@@H](O)[C@H](O)[C@H]1CO. The number of hydrogen-bond donors (Lipinski definition) is 5. The lowest BCUT2D eigenvalue weighted by molar-refractivity contribution is -0.145. The molecule has 188 valence electrons. The first-order chi connectivity index (χ1) is 15.9. The average molecular weight is 465 g/mol. The van der Waals surface area contributed by atoms with Crippen molar-refractivity contribution in [3.05, 3.63) is 29.3 Å². The van der Waals surface area contributed by atoms with Gasteiger partial charge < -0.3 is 30.6 Å². The minimum Gasteiger partial charge on any atom is -0.395 e. The molecular formula is C25H44N4O4. The smallest absolute Gasteiger partial charge is 0.109 e. The standard InChI is InChI=1S/C25H44N4O4/c1-19-15-20(16-28-13-11-27(2)12-14-28)7-8-21(19)26-9-5-3-4-6-10-29-17-23(31)25(33)24(32)22(29)18-30/h7-8,15,22-26,30-33H,3-6,9-14,16-18H2,1-2H3/t22-,23+,24-,25-/m1/s1. The molecule has 2 aliphatic rings. The number of unbranched alkanes of at least 4 members (excludes halogenated alkanes) is 3. The number of nitrogens with zero attached hydrogens (tertiary/aromatic N) is 3. The Morgan fingerprint density at radius 2 is 1.70 bits per heavy atom. The highest BCUT2D eigenvalue weighted by molar-refractivity contribution is 5.52. The number of aliphatic hydroxyl groups is 4. The van der Waals surface area contributed by atoms with Crippen molar-refractivity contribution >= 4 is 5.69 Å². The van der Waals surface area contributed by atoms with Gasteiger partial charge in [-0.25, -0.2) is 0 Å². The molecule has 3 rings (SSSR count). The topological polar surface area (TPSA) is 103 Å². The molecule has 2 heterocycles. The zero-order valence-electron chi connectivity index (χ0n) is 20.4. The highest BCUT2D eigenvalue weighted by Crippen LogP contribution is 2.21. The van der Waals surface area contributed by atoms with Crippen LogP contribution in [0.2, 0.25) is 0 Å². The third-order valence-corrected chi connectivity index (χ3v) is 7.20. The van der Waals surface area contributed by atoms with Crippen LogP contribution in [0, 0.1) is 6.92 Å². The molecule has 5 N–H and O–H groups in total. The third-order valence-electron chi connectivity index (χ3n) is 7.20. The lowest BCUT2D eigenvalue weighted by Crippen LogP contribution is -2.62. The molecule has 0 amide bonds. The molecule has 0 spiro atoms. The fourth-order valence-corrected chi connectivity index (χ4v) is 4.94. The van der Waals surface area contributed by atoms with Crippen LogP contribution in [0.3, 0.4) is 0 Å². The number of β-amino-alcohol motifs (C(OH)–C–C–N with tert-alkyl or cyclic N) is 1. The molecule has 0 bridgehead atoms. The van der Waals surface area contributed by atoms with Crippen molar-refractivity contribution in [2.45, 2.75) is 63.5 Å². The number of rotatable bonds is 11. The fraction of sp³-hybridized carbons (Fsp3) is 0.760. The summed E-state index contributed by atoms with van der Waals surface area (Å²) in [5.41, 5.74) is 3.88. The highest BCUT2D eigenvalue weighted by atomic mass is 16.4. The first-order valence-corrected chi connectivity index (χ1v) is 12.5. The average Bonchev–Trinajstić information content (AvgIpc) is 2.80. The van der Waals surface area contributed by atoms with E-state index in [9.17, 15) is 20.4 Å². The molecule has 2 fully saturated rings. The van der Waals surface area contributed by atoms with Crippen molar-refractivity contribution in [2.75, 3.05) is 64.8 Å². The van der Waals surface area contributed by atoms with Gasteiger partial charge in [-0.15, -0.1) is 0 Å². The Balaban J connectivity index is 1.31. The molecule has 8 nitrogen and oxygen atoms in total. The molecule has 8 heteroatoms. The van der Waals surface area contributed by atoms with E-state index in [0.717, 1.165) is 65.0 Å². The van der Waals surface area contributed by atoms with Gasteiger partial charge in [-0.05, 0) is 50.6 Å². The molecule has 33 heavy (non-hydrogen) atoms. The Hall–Kier alpha value is -1.26. The summed E-state index contributed by atoms with van der Waals surface area (Å²) in [6.45, 7) is 9.46. The monoisotopic (exact) mass is 464 g/mol. The summed E-state index contributed by atoms with van der Waals surface area (Å²) in [4.78, 5) is 6.81. The Labute approximate surface area is 198 Å². The van der Waals surface area contributed by atoms with Gasteiger partial charge in [-0.3, -0.25) is 9.80 Å². The van der Waals surface area contributed by atoms with E-state index in [1.54, 1.807) is 0 Å². The van der Waals surface area contributed by atoms with E-state index >= 15 is 0 Å². The zero-order chi connectivity index (χ0) is 23.8. The maximum absolute atomic E-state index is 10.1. The predicted octanol–water partition coefficient (Wildman–Crippen LogP) is 0.474. The normalized spacial score (nSPS) is 27.7. The maximum atomic E-state index is 10.1. The summed E-state index contributed by atoms with van der Waals surface area (Å²) in [7, 11) is 2.19. The lowest BCUT2D eigenvalue weighted by Gasteiger charge is -2.43. The van der Waals surface area contributed by atoms with Crippen LogP contribution in [0.15, 0.2) is 18.2 Å². The quantitative estimate of drug-likeness (QED) is 0.301. The summed E-state index contributed by atoms with van der Waals surface area (Å²) in [5.74, 6) is 0. The number of likely N-dealkylation sites (tertiary alicyclic amines) is 1. The summed E-state index contributed by atoms with van der Waals surface area (Å²) in [5, 5.41) is 42.9. The van der Waals surface area contributed by atoms with Crippen molar-refractivity contribution in [1.29, 1.82) is 0 Å². The van der Waals surface area contributed by atoms with Gasteiger partial charge in [0.1, 0.15) is 12.2 Å². The van der Waals surface area contributed by atoms with Gasteiger partial charge in [0, 0.05) is 51.5 Å². The second-order valence-electron chi connectivity index (χ2n) is 9.86. The molecule has 2 aliphatic heterocycles. The number of nitrogens with one attached hydrogen (secondary N) is 1. The zero-order valence-corrected chi connectivity index (χ0v) is 20.4. The number of aryl methyl sites for hydroxylation is 1. The van der Waals surface area contributed by atoms with Crippen LogP contribution in [0.5, 0.6) is 0 Å².